The molecule has 2 heterocycles. The number of rotatable bonds is 5. The van der Waals surface area contributed by atoms with Crippen LogP contribution in [0, 0.1) is 13.8 Å². The van der Waals surface area contributed by atoms with Crippen molar-refractivity contribution in [1.82, 2.24) is 9.97 Å². The molecule has 0 aliphatic heterocycles. The van der Waals surface area contributed by atoms with Crippen LogP contribution in [0.2, 0.25) is 0 Å². The van der Waals surface area contributed by atoms with Crippen LogP contribution >= 0.6 is 0 Å². The van der Waals surface area contributed by atoms with E-state index in [1.54, 1.807) is 12.3 Å². The first kappa shape index (κ1) is 16.6. The van der Waals surface area contributed by atoms with Crippen LogP contribution in [0.5, 0.6) is 5.75 Å². The minimum atomic E-state index is -0.0245. The standard InChI is InChI=1S/C20H24N2O2/c1-14-8-9-16(21-13-14)11-20(23)19-12-18(10-15(2)22-19)24-17-6-4-3-5-7-17/h8-10,12-13,17H,3-7,11H2,1-2H3. The maximum Gasteiger partial charge on any atom is 0.187 e. The summed E-state index contributed by atoms with van der Waals surface area (Å²) in [4.78, 5) is 21.2. The van der Waals surface area contributed by atoms with Gasteiger partial charge in [-0.15, -0.1) is 0 Å². The van der Waals surface area contributed by atoms with Crippen molar-refractivity contribution in [1.29, 1.82) is 0 Å². The third-order valence-corrected chi connectivity index (χ3v) is 4.38. The Morgan fingerprint density at radius 3 is 2.67 bits per heavy atom. The molecule has 4 heteroatoms. The summed E-state index contributed by atoms with van der Waals surface area (Å²) in [5.41, 5.74) is 3.12. The Labute approximate surface area is 143 Å². The molecule has 0 aromatic carbocycles. The number of ether oxygens (including phenoxy) is 1. The Morgan fingerprint density at radius 2 is 1.96 bits per heavy atom. The van der Waals surface area contributed by atoms with E-state index in [4.69, 9.17) is 4.74 Å². The van der Waals surface area contributed by atoms with Gasteiger partial charge in [-0.2, -0.15) is 0 Å². The molecule has 1 aliphatic rings. The summed E-state index contributed by atoms with van der Waals surface area (Å²) < 4.78 is 6.09. The predicted octanol–water partition coefficient (Wildman–Crippen LogP) is 4.23. The van der Waals surface area contributed by atoms with E-state index in [0.717, 1.165) is 35.5 Å². The van der Waals surface area contributed by atoms with E-state index in [1.165, 1.54) is 19.3 Å². The maximum absolute atomic E-state index is 12.5. The third-order valence-electron chi connectivity index (χ3n) is 4.38. The van der Waals surface area contributed by atoms with Crippen molar-refractivity contribution in [3.63, 3.8) is 0 Å². The van der Waals surface area contributed by atoms with Crippen LogP contribution in [-0.4, -0.2) is 21.9 Å². The minimum Gasteiger partial charge on any atom is -0.490 e. The molecule has 0 spiro atoms. The zero-order chi connectivity index (χ0) is 16.9. The van der Waals surface area contributed by atoms with Crippen molar-refractivity contribution in [2.45, 2.75) is 58.5 Å². The van der Waals surface area contributed by atoms with E-state index in [9.17, 15) is 4.79 Å². The van der Waals surface area contributed by atoms with E-state index in [-0.39, 0.29) is 18.3 Å². The van der Waals surface area contributed by atoms with E-state index < -0.39 is 0 Å². The van der Waals surface area contributed by atoms with Gasteiger partial charge in [-0.3, -0.25) is 9.78 Å². The molecular weight excluding hydrogens is 300 g/mol. The number of aromatic nitrogens is 2. The molecule has 0 unspecified atom stereocenters. The van der Waals surface area contributed by atoms with Gasteiger partial charge >= 0.3 is 0 Å². The minimum absolute atomic E-state index is 0.0245. The highest BCUT2D eigenvalue weighted by atomic mass is 16.5. The first-order chi connectivity index (χ1) is 11.6. The van der Waals surface area contributed by atoms with Crippen molar-refractivity contribution in [3.05, 3.63) is 53.1 Å². The molecule has 0 radical (unpaired) electrons. The summed E-state index contributed by atoms with van der Waals surface area (Å²) in [6.45, 7) is 3.88. The monoisotopic (exact) mass is 324 g/mol. The van der Waals surface area contributed by atoms with Crippen molar-refractivity contribution >= 4 is 5.78 Å². The molecule has 4 nitrogen and oxygen atoms in total. The molecule has 126 valence electrons. The molecule has 1 aliphatic carbocycles. The molecule has 24 heavy (non-hydrogen) atoms. The Hall–Kier alpha value is -2.23. The molecule has 0 saturated heterocycles. The fourth-order valence-corrected chi connectivity index (χ4v) is 3.08. The van der Waals surface area contributed by atoms with Crippen LogP contribution in [0.1, 0.15) is 59.5 Å². The highest BCUT2D eigenvalue weighted by molar-refractivity contribution is 5.95. The normalized spacial score (nSPS) is 15.2. The van der Waals surface area contributed by atoms with Gasteiger partial charge in [-0.1, -0.05) is 12.5 Å². The van der Waals surface area contributed by atoms with Crippen LogP contribution in [0.15, 0.2) is 30.5 Å². The van der Waals surface area contributed by atoms with Crippen molar-refractivity contribution in [2.24, 2.45) is 0 Å². The first-order valence-corrected chi connectivity index (χ1v) is 8.70. The van der Waals surface area contributed by atoms with Gasteiger partial charge in [0.05, 0.1) is 12.5 Å². The molecule has 0 amide bonds. The summed E-state index contributed by atoms with van der Waals surface area (Å²) >= 11 is 0. The number of carbonyl (C=O) groups is 1. The second-order valence-corrected chi connectivity index (χ2v) is 6.63. The molecule has 0 atom stereocenters. The number of Topliss-reactive ketones (excluding diaryl/α,β-unsaturated/α-hetero) is 1. The van der Waals surface area contributed by atoms with E-state index in [0.29, 0.717) is 5.69 Å². The zero-order valence-corrected chi connectivity index (χ0v) is 14.4. The highest BCUT2D eigenvalue weighted by Gasteiger charge is 2.17. The fourth-order valence-electron chi connectivity index (χ4n) is 3.08. The number of pyridine rings is 2. The smallest absolute Gasteiger partial charge is 0.187 e. The maximum atomic E-state index is 12.5. The number of nitrogens with zero attached hydrogens (tertiary/aromatic N) is 2. The lowest BCUT2D eigenvalue weighted by atomic mass is 9.98. The zero-order valence-electron chi connectivity index (χ0n) is 14.4. The SMILES string of the molecule is Cc1ccc(CC(=O)c2cc(OC3CCCCC3)cc(C)n2)nc1. The molecule has 1 fully saturated rings. The average molecular weight is 324 g/mol. The highest BCUT2D eigenvalue weighted by Crippen LogP contribution is 2.24. The third kappa shape index (κ3) is 4.40. The number of hydrogen-bond donors (Lipinski definition) is 0. The summed E-state index contributed by atoms with van der Waals surface area (Å²) in [6.07, 6.45) is 8.24. The molecule has 1 saturated carbocycles. The number of carbonyl (C=O) groups excluding carboxylic acids is 1. The van der Waals surface area contributed by atoms with Gasteiger partial charge in [0.15, 0.2) is 5.78 Å². The van der Waals surface area contributed by atoms with Crippen molar-refractivity contribution < 1.29 is 9.53 Å². The van der Waals surface area contributed by atoms with Gasteiger partial charge < -0.3 is 4.74 Å². The Balaban J connectivity index is 1.72. The summed E-state index contributed by atoms with van der Waals surface area (Å²) in [5, 5.41) is 0. The Kier molecular flexibility index (Phi) is 5.24. The average Bonchev–Trinajstić information content (AvgIpc) is 2.57. The summed E-state index contributed by atoms with van der Waals surface area (Å²) in [7, 11) is 0. The van der Waals surface area contributed by atoms with Gasteiger partial charge in [0, 0.05) is 29.7 Å². The van der Waals surface area contributed by atoms with Gasteiger partial charge in [-0.25, -0.2) is 4.98 Å². The fraction of sp³-hybridized carbons (Fsp3) is 0.450. The summed E-state index contributed by atoms with van der Waals surface area (Å²) in [5.74, 6) is 0.734. The van der Waals surface area contributed by atoms with E-state index in [2.05, 4.69) is 9.97 Å². The molecule has 2 aromatic heterocycles. The second-order valence-electron chi connectivity index (χ2n) is 6.63. The lowest BCUT2D eigenvalue weighted by Crippen LogP contribution is -2.20. The number of hydrogen-bond acceptors (Lipinski definition) is 4. The van der Waals surface area contributed by atoms with Crippen LogP contribution in [-0.2, 0) is 6.42 Å². The lowest BCUT2D eigenvalue weighted by molar-refractivity contribution is 0.0985. The van der Waals surface area contributed by atoms with Crippen LogP contribution < -0.4 is 4.74 Å². The van der Waals surface area contributed by atoms with Crippen LogP contribution in [0.25, 0.3) is 0 Å². The van der Waals surface area contributed by atoms with Crippen molar-refractivity contribution in [2.75, 3.05) is 0 Å². The first-order valence-electron chi connectivity index (χ1n) is 8.70. The van der Waals surface area contributed by atoms with Crippen LogP contribution in [0.4, 0.5) is 0 Å². The second kappa shape index (κ2) is 7.56. The molecular formula is C20H24N2O2. The van der Waals surface area contributed by atoms with Gasteiger partial charge in [0.1, 0.15) is 11.4 Å². The topological polar surface area (TPSA) is 52.1 Å². The number of ketones is 1. The van der Waals surface area contributed by atoms with E-state index in [1.807, 2.05) is 32.0 Å². The molecule has 2 aromatic rings. The Morgan fingerprint density at radius 1 is 1.17 bits per heavy atom. The predicted molar refractivity (Wildman–Crippen MR) is 93.5 cm³/mol. The number of aryl methyl sites for hydroxylation is 2. The van der Waals surface area contributed by atoms with Crippen molar-refractivity contribution in [3.8, 4) is 5.75 Å². The van der Waals surface area contributed by atoms with Crippen LogP contribution in [0.3, 0.4) is 0 Å². The van der Waals surface area contributed by atoms with Gasteiger partial charge in [-0.05, 0) is 51.2 Å². The molecule has 0 N–H and O–H groups in total. The van der Waals surface area contributed by atoms with E-state index >= 15 is 0 Å². The van der Waals surface area contributed by atoms with Gasteiger partial charge in [0.2, 0.25) is 0 Å². The summed E-state index contributed by atoms with van der Waals surface area (Å²) in [6, 6.07) is 7.55. The molecule has 0 bridgehead atoms. The lowest BCUT2D eigenvalue weighted by Gasteiger charge is -2.23. The van der Waals surface area contributed by atoms with Gasteiger partial charge in [0.25, 0.3) is 0 Å². The molecule has 3 rings (SSSR count). The quantitative estimate of drug-likeness (QED) is 0.772. The largest absolute Gasteiger partial charge is 0.490 e. The Bertz CT molecular complexity index is 704.